The van der Waals surface area contributed by atoms with E-state index in [1.807, 2.05) is 26.0 Å². The summed E-state index contributed by atoms with van der Waals surface area (Å²) >= 11 is 0. The van der Waals surface area contributed by atoms with Crippen molar-refractivity contribution in [3.63, 3.8) is 0 Å². The van der Waals surface area contributed by atoms with E-state index in [1.54, 1.807) is 6.07 Å². The highest BCUT2D eigenvalue weighted by molar-refractivity contribution is 5.30. The Morgan fingerprint density at radius 3 is 2.71 bits per heavy atom. The van der Waals surface area contributed by atoms with Crippen molar-refractivity contribution in [2.75, 3.05) is 0 Å². The Balaban J connectivity index is 0.000000461. The van der Waals surface area contributed by atoms with Gasteiger partial charge in [-0.1, -0.05) is 32.9 Å². The van der Waals surface area contributed by atoms with Crippen LogP contribution in [0.3, 0.4) is 0 Å². The molecule has 0 heterocycles. The van der Waals surface area contributed by atoms with Crippen LogP contribution in [0.4, 0.5) is 4.39 Å². The SMILES string of the molecule is CC.C[C@@H]1CCc2c(F)cccc2C1. The molecule has 0 N–H and O–H groups in total. The predicted molar refractivity (Wildman–Crippen MR) is 58.9 cm³/mol. The highest BCUT2D eigenvalue weighted by Crippen LogP contribution is 2.26. The summed E-state index contributed by atoms with van der Waals surface area (Å²) in [6.07, 6.45) is 3.10. The van der Waals surface area contributed by atoms with Gasteiger partial charge in [0.25, 0.3) is 0 Å². The van der Waals surface area contributed by atoms with Crippen molar-refractivity contribution in [1.29, 1.82) is 0 Å². The van der Waals surface area contributed by atoms with E-state index < -0.39 is 0 Å². The Bertz CT molecular complexity index is 291. The Kier molecular flexibility index (Phi) is 4.12. The molecule has 0 unspecified atom stereocenters. The van der Waals surface area contributed by atoms with Crippen molar-refractivity contribution < 1.29 is 4.39 Å². The Labute approximate surface area is 86.2 Å². The lowest BCUT2D eigenvalue weighted by molar-refractivity contribution is 0.482. The summed E-state index contributed by atoms with van der Waals surface area (Å²) < 4.78 is 13.2. The first-order valence-electron chi connectivity index (χ1n) is 5.53. The van der Waals surface area contributed by atoms with E-state index in [-0.39, 0.29) is 5.82 Å². The standard InChI is InChI=1S/C11H13F.C2H6/c1-8-5-6-10-9(7-8)3-2-4-11(10)12;1-2/h2-4,8H,5-7H2,1H3;1-2H3/t8-;/m1./s1. The predicted octanol–water partition coefficient (Wildman–Crippen LogP) is 3.98. The van der Waals surface area contributed by atoms with Crippen LogP contribution in [0, 0.1) is 11.7 Å². The quantitative estimate of drug-likeness (QED) is 0.586. The maximum absolute atomic E-state index is 13.2. The van der Waals surface area contributed by atoms with Gasteiger partial charge in [0.1, 0.15) is 5.82 Å². The third-order valence-electron chi connectivity index (χ3n) is 2.67. The molecule has 0 nitrogen and oxygen atoms in total. The van der Waals surface area contributed by atoms with Gasteiger partial charge in [-0.3, -0.25) is 0 Å². The van der Waals surface area contributed by atoms with E-state index in [4.69, 9.17) is 0 Å². The van der Waals surface area contributed by atoms with Gasteiger partial charge in [-0.05, 0) is 42.4 Å². The van der Waals surface area contributed by atoms with Crippen LogP contribution in [0.25, 0.3) is 0 Å². The highest BCUT2D eigenvalue weighted by atomic mass is 19.1. The van der Waals surface area contributed by atoms with Gasteiger partial charge in [-0.25, -0.2) is 4.39 Å². The fourth-order valence-corrected chi connectivity index (χ4v) is 1.94. The molecule has 0 saturated carbocycles. The van der Waals surface area contributed by atoms with Gasteiger partial charge in [-0.2, -0.15) is 0 Å². The maximum Gasteiger partial charge on any atom is 0.126 e. The lowest BCUT2D eigenvalue weighted by Crippen LogP contribution is -2.12. The molecule has 0 aliphatic heterocycles. The van der Waals surface area contributed by atoms with Crippen molar-refractivity contribution in [2.24, 2.45) is 5.92 Å². The van der Waals surface area contributed by atoms with Crippen molar-refractivity contribution in [1.82, 2.24) is 0 Å². The molecule has 2 rings (SSSR count). The van der Waals surface area contributed by atoms with Gasteiger partial charge in [0.05, 0.1) is 0 Å². The second-order valence-corrected chi connectivity index (χ2v) is 3.73. The Morgan fingerprint density at radius 1 is 1.29 bits per heavy atom. The van der Waals surface area contributed by atoms with Gasteiger partial charge in [0, 0.05) is 0 Å². The van der Waals surface area contributed by atoms with Gasteiger partial charge in [0.2, 0.25) is 0 Å². The minimum atomic E-state index is -0.0144. The fraction of sp³-hybridized carbons (Fsp3) is 0.538. The second-order valence-electron chi connectivity index (χ2n) is 3.73. The number of halogens is 1. The molecule has 14 heavy (non-hydrogen) atoms. The second kappa shape index (κ2) is 5.14. The zero-order chi connectivity index (χ0) is 10.6. The monoisotopic (exact) mass is 194 g/mol. The molecular formula is C13H19F. The van der Waals surface area contributed by atoms with Crippen molar-refractivity contribution >= 4 is 0 Å². The largest absolute Gasteiger partial charge is 0.207 e. The molecule has 1 atom stereocenters. The number of fused-ring (bicyclic) bond motifs is 1. The molecule has 78 valence electrons. The van der Waals surface area contributed by atoms with E-state index in [0.29, 0.717) is 0 Å². The molecule has 1 aliphatic rings. The molecule has 0 radical (unpaired) electrons. The minimum absolute atomic E-state index is 0.0144. The van der Waals surface area contributed by atoms with Crippen LogP contribution >= 0.6 is 0 Å². The maximum atomic E-state index is 13.2. The molecule has 0 spiro atoms. The zero-order valence-electron chi connectivity index (χ0n) is 9.31. The first kappa shape index (κ1) is 11.2. The number of benzene rings is 1. The Morgan fingerprint density at radius 2 is 2.00 bits per heavy atom. The Hall–Kier alpha value is -0.850. The van der Waals surface area contributed by atoms with Crippen LogP contribution in [-0.2, 0) is 12.8 Å². The first-order valence-corrected chi connectivity index (χ1v) is 5.53. The van der Waals surface area contributed by atoms with Crippen molar-refractivity contribution in [3.05, 3.63) is 35.1 Å². The van der Waals surface area contributed by atoms with Gasteiger partial charge in [-0.15, -0.1) is 0 Å². The van der Waals surface area contributed by atoms with Crippen LogP contribution in [0.1, 0.15) is 38.3 Å². The molecule has 1 aromatic carbocycles. The molecule has 0 aromatic heterocycles. The molecule has 0 fully saturated rings. The lowest BCUT2D eigenvalue weighted by Gasteiger charge is -2.21. The molecular weight excluding hydrogens is 175 g/mol. The molecule has 1 aliphatic carbocycles. The van der Waals surface area contributed by atoms with Gasteiger partial charge >= 0.3 is 0 Å². The van der Waals surface area contributed by atoms with E-state index in [9.17, 15) is 4.39 Å². The minimum Gasteiger partial charge on any atom is -0.207 e. The summed E-state index contributed by atoms with van der Waals surface area (Å²) in [7, 11) is 0. The van der Waals surface area contributed by atoms with E-state index in [2.05, 4.69) is 6.92 Å². The van der Waals surface area contributed by atoms with E-state index in [1.165, 1.54) is 5.56 Å². The topological polar surface area (TPSA) is 0 Å². The number of rotatable bonds is 0. The summed E-state index contributed by atoms with van der Waals surface area (Å²) in [6.45, 7) is 6.23. The van der Waals surface area contributed by atoms with Crippen LogP contribution in [0.2, 0.25) is 0 Å². The number of hydrogen-bond donors (Lipinski definition) is 0. The lowest BCUT2D eigenvalue weighted by atomic mass is 9.85. The van der Waals surface area contributed by atoms with Crippen LogP contribution < -0.4 is 0 Å². The van der Waals surface area contributed by atoms with Crippen molar-refractivity contribution in [3.8, 4) is 0 Å². The van der Waals surface area contributed by atoms with E-state index in [0.717, 1.165) is 30.7 Å². The fourth-order valence-electron chi connectivity index (χ4n) is 1.94. The van der Waals surface area contributed by atoms with Crippen molar-refractivity contribution in [2.45, 2.75) is 40.0 Å². The summed E-state index contributed by atoms with van der Waals surface area (Å²) in [4.78, 5) is 0. The smallest absolute Gasteiger partial charge is 0.126 e. The third-order valence-corrected chi connectivity index (χ3v) is 2.67. The summed E-state index contributed by atoms with van der Waals surface area (Å²) in [5.41, 5.74) is 2.17. The molecule has 0 saturated heterocycles. The average molecular weight is 194 g/mol. The van der Waals surface area contributed by atoms with Gasteiger partial charge < -0.3 is 0 Å². The van der Waals surface area contributed by atoms with E-state index >= 15 is 0 Å². The molecule has 1 aromatic rings. The molecule has 1 heteroatoms. The summed E-state index contributed by atoms with van der Waals surface area (Å²) in [6, 6.07) is 5.43. The highest BCUT2D eigenvalue weighted by Gasteiger charge is 2.17. The zero-order valence-corrected chi connectivity index (χ0v) is 9.31. The summed E-state index contributed by atoms with van der Waals surface area (Å²) in [5, 5.41) is 0. The van der Waals surface area contributed by atoms with Crippen LogP contribution in [0.15, 0.2) is 18.2 Å². The number of hydrogen-bond acceptors (Lipinski definition) is 0. The normalized spacial score (nSPS) is 19.3. The van der Waals surface area contributed by atoms with Crippen LogP contribution in [-0.4, -0.2) is 0 Å². The van der Waals surface area contributed by atoms with Crippen LogP contribution in [0.5, 0.6) is 0 Å². The van der Waals surface area contributed by atoms with Gasteiger partial charge in [0.15, 0.2) is 0 Å². The molecule has 0 amide bonds. The first-order chi connectivity index (χ1) is 6.77. The molecule has 0 bridgehead atoms. The average Bonchev–Trinajstić information content (AvgIpc) is 2.21. The third kappa shape index (κ3) is 2.34. The summed E-state index contributed by atoms with van der Waals surface area (Å²) in [5.74, 6) is 0.707.